The van der Waals surface area contributed by atoms with Crippen molar-refractivity contribution >= 4 is 63.7 Å². The number of nitrogens with two attached hydrogens (primary N) is 1. The summed E-state index contributed by atoms with van der Waals surface area (Å²) in [5.74, 6) is -4.19. The van der Waals surface area contributed by atoms with E-state index in [0.29, 0.717) is 0 Å². The van der Waals surface area contributed by atoms with Crippen molar-refractivity contribution in [3.8, 4) is 0 Å². The maximum atomic E-state index is 12.8. The molecule has 14 nitrogen and oxygen atoms in total. The average molecular weight is 537 g/mol. The molecule has 184 valence electrons. The van der Waals surface area contributed by atoms with Crippen molar-refractivity contribution in [1.82, 2.24) is 19.6 Å². The van der Waals surface area contributed by atoms with Crippen LogP contribution in [0.4, 0.5) is 5.13 Å². The number of β-lactam (4-membered cyclic amide) rings is 1. The van der Waals surface area contributed by atoms with E-state index >= 15 is 0 Å². The first-order valence-electron chi connectivity index (χ1n) is 9.97. The largest absolute Gasteiger partial charge is 1.00 e. The van der Waals surface area contributed by atoms with Gasteiger partial charge >= 0.3 is 35.5 Å². The maximum Gasteiger partial charge on any atom is 1.00 e. The summed E-state index contributed by atoms with van der Waals surface area (Å²) in [4.78, 5) is 70.2. The van der Waals surface area contributed by atoms with Crippen molar-refractivity contribution in [1.29, 1.82) is 0 Å². The van der Waals surface area contributed by atoms with Gasteiger partial charge in [-0.05, 0) is 13.8 Å². The standard InChI is InChI=1S/C18H22N6O8S2.Na/c1-3-32-22-10(12-21-17(19)34-23-12)13(27)20-11-14(28)24-5-18(16(29)30,7-33-15(11)24)6-31-9(26)4-8(2)25;/h11,15H,3-7H2,1-2H3,(H,20,27)(H,29,30)(H2,19,21,23);/q;+1/p-1/t11?,15-,18?;/m1./s1. The number of nitrogens with one attached hydrogen (secondary N) is 1. The number of oxime groups is 1. The Morgan fingerprint density at radius 2 is 2.09 bits per heavy atom. The second kappa shape index (κ2) is 12.1. The molecule has 3 atom stereocenters. The summed E-state index contributed by atoms with van der Waals surface area (Å²) >= 11 is 1.95. The van der Waals surface area contributed by atoms with Crippen molar-refractivity contribution < 1.29 is 68.2 Å². The Balaban J connectivity index is 0.00000432. The monoisotopic (exact) mass is 536 g/mol. The van der Waals surface area contributed by atoms with Crippen LogP contribution >= 0.6 is 23.3 Å². The zero-order valence-electron chi connectivity index (χ0n) is 19.1. The van der Waals surface area contributed by atoms with Crippen molar-refractivity contribution in [2.45, 2.75) is 31.7 Å². The molecule has 2 aliphatic rings. The summed E-state index contributed by atoms with van der Waals surface area (Å²) in [6, 6.07) is -0.958. The number of carbonyl (C=O) groups is 5. The first kappa shape index (κ1) is 29.0. The third-order valence-corrected chi connectivity index (χ3v) is 7.05. The fraction of sp³-hybridized carbons (Fsp3) is 0.556. The van der Waals surface area contributed by atoms with Crippen LogP contribution in [0.1, 0.15) is 26.1 Å². The van der Waals surface area contributed by atoms with Crippen LogP contribution in [0.15, 0.2) is 5.16 Å². The van der Waals surface area contributed by atoms with Crippen molar-refractivity contribution in [2.75, 3.05) is 31.2 Å². The molecule has 2 amide bonds. The van der Waals surface area contributed by atoms with Gasteiger partial charge in [0, 0.05) is 23.8 Å². The number of ether oxygens (including phenoxy) is 1. The molecular weight excluding hydrogens is 515 g/mol. The minimum absolute atomic E-state index is 0. The number of aliphatic carboxylic acids is 1. The Hall–Kier alpha value is -2.27. The van der Waals surface area contributed by atoms with Crippen molar-refractivity contribution in [2.24, 2.45) is 10.6 Å². The van der Waals surface area contributed by atoms with E-state index in [-0.39, 0.29) is 65.1 Å². The Kier molecular flexibility index (Phi) is 10.0. The number of thioether (sulfide) groups is 1. The molecule has 0 aliphatic carbocycles. The van der Waals surface area contributed by atoms with E-state index in [9.17, 15) is 29.1 Å². The Morgan fingerprint density at radius 3 is 2.66 bits per heavy atom. The number of esters is 1. The fourth-order valence-corrected chi connectivity index (χ4v) is 5.18. The number of aromatic nitrogens is 2. The molecule has 0 radical (unpaired) electrons. The Bertz CT molecular complexity index is 1050. The van der Waals surface area contributed by atoms with Crippen LogP contribution in [0.2, 0.25) is 0 Å². The number of Topliss-reactive ketones (excluding diaryl/α,β-unsaturated/α-hetero) is 1. The second-order valence-electron chi connectivity index (χ2n) is 7.54. The molecule has 2 aliphatic heterocycles. The van der Waals surface area contributed by atoms with Gasteiger partial charge in [-0.15, -0.1) is 11.8 Å². The van der Waals surface area contributed by atoms with Gasteiger partial charge in [0.05, 0.1) is 11.4 Å². The van der Waals surface area contributed by atoms with Gasteiger partial charge in [-0.3, -0.25) is 19.2 Å². The van der Waals surface area contributed by atoms with Gasteiger partial charge in [0.1, 0.15) is 36.8 Å². The van der Waals surface area contributed by atoms with Crippen LogP contribution in [-0.2, 0) is 33.5 Å². The van der Waals surface area contributed by atoms with Gasteiger partial charge in [0.15, 0.2) is 5.13 Å². The second-order valence-corrected chi connectivity index (χ2v) is 9.43. The molecule has 2 saturated heterocycles. The average Bonchev–Trinajstić information content (AvgIpc) is 3.21. The molecule has 3 heterocycles. The summed E-state index contributed by atoms with van der Waals surface area (Å²) < 4.78 is 8.89. The van der Waals surface area contributed by atoms with Gasteiger partial charge in [-0.25, -0.2) is 0 Å². The molecule has 1 aromatic heterocycles. The van der Waals surface area contributed by atoms with E-state index in [2.05, 4.69) is 19.8 Å². The van der Waals surface area contributed by atoms with Gasteiger partial charge in [0.25, 0.3) is 5.91 Å². The van der Waals surface area contributed by atoms with Crippen LogP contribution in [0.3, 0.4) is 0 Å². The van der Waals surface area contributed by atoms with Crippen molar-refractivity contribution in [3.63, 3.8) is 0 Å². The number of ketones is 1. The molecule has 1 aromatic rings. The van der Waals surface area contributed by atoms with E-state index in [0.717, 1.165) is 23.3 Å². The molecule has 3 rings (SSSR count). The number of hydrogen-bond donors (Lipinski definition) is 2. The van der Waals surface area contributed by atoms with Crippen LogP contribution in [-0.4, -0.2) is 86.4 Å². The van der Waals surface area contributed by atoms with E-state index in [4.69, 9.17) is 15.3 Å². The number of carbonyl (C=O) groups excluding carboxylic acids is 5. The molecule has 0 spiro atoms. The number of rotatable bonds is 10. The van der Waals surface area contributed by atoms with E-state index in [1.807, 2.05) is 0 Å². The number of fused-ring (bicyclic) bond motifs is 1. The third kappa shape index (κ3) is 6.49. The summed E-state index contributed by atoms with van der Waals surface area (Å²) in [5.41, 5.74) is 3.65. The molecule has 17 heteroatoms. The predicted octanol–water partition coefficient (Wildman–Crippen LogP) is -5.48. The zero-order chi connectivity index (χ0) is 25.0. The van der Waals surface area contributed by atoms with Crippen molar-refractivity contribution in [3.05, 3.63) is 5.82 Å². The number of anilines is 1. The Labute approximate surface area is 229 Å². The minimum atomic E-state index is -1.65. The smallest absolute Gasteiger partial charge is 0.549 e. The van der Waals surface area contributed by atoms with E-state index in [1.54, 1.807) is 6.92 Å². The first-order valence-corrected chi connectivity index (χ1v) is 11.8. The van der Waals surface area contributed by atoms with E-state index < -0.39 is 59.4 Å². The quantitative estimate of drug-likeness (QED) is 0.0717. The molecule has 2 fully saturated rings. The van der Waals surface area contributed by atoms with Crippen LogP contribution in [0, 0.1) is 5.41 Å². The number of carboxylic acids is 1. The SMILES string of the molecule is CCON=C(C(=O)NC1C(=O)N2CC(COC(=O)CC(C)=O)(C(=O)[O-])CS[C@H]12)c1nsc(N)n1.[Na+]. The van der Waals surface area contributed by atoms with Gasteiger partial charge in [0.2, 0.25) is 17.4 Å². The normalized spacial score (nSPS) is 23.3. The minimum Gasteiger partial charge on any atom is -0.549 e. The number of carboxylic acid groups (broad SMARTS) is 1. The van der Waals surface area contributed by atoms with Crippen LogP contribution in [0.5, 0.6) is 0 Å². The molecular formula is C18H21N6NaO8S2. The zero-order valence-corrected chi connectivity index (χ0v) is 22.8. The number of amides is 2. The summed E-state index contributed by atoms with van der Waals surface area (Å²) in [7, 11) is 0. The molecule has 0 saturated carbocycles. The molecule has 0 aromatic carbocycles. The topological polar surface area (TPSA) is 206 Å². The molecule has 35 heavy (non-hydrogen) atoms. The van der Waals surface area contributed by atoms with E-state index in [1.165, 1.54) is 11.8 Å². The number of nitrogens with zero attached hydrogens (tertiary/aromatic N) is 4. The Morgan fingerprint density at radius 1 is 1.37 bits per heavy atom. The predicted molar refractivity (Wildman–Crippen MR) is 116 cm³/mol. The van der Waals surface area contributed by atoms with Crippen LogP contribution in [0.25, 0.3) is 0 Å². The van der Waals surface area contributed by atoms with Crippen LogP contribution < -0.4 is 45.7 Å². The molecule has 2 unspecified atom stereocenters. The fourth-order valence-electron chi connectivity index (χ4n) is 3.22. The molecule has 0 bridgehead atoms. The summed E-state index contributed by atoms with van der Waals surface area (Å²) in [6.07, 6.45) is -0.485. The van der Waals surface area contributed by atoms with Gasteiger partial charge in [-0.2, -0.15) is 9.36 Å². The third-order valence-electron chi connectivity index (χ3n) is 4.92. The summed E-state index contributed by atoms with van der Waals surface area (Å²) in [5, 5.41) is 17.7. The maximum absolute atomic E-state index is 12.8. The van der Waals surface area contributed by atoms with Gasteiger partial charge in [-0.1, -0.05) is 5.16 Å². The number of nitrogen functional groups attached to an aromatic ring is 1. The van der Waals surface area contributed by atoms with Gasteiger partial charge < -0.3 is 35.4 Å². The first-order chi connectivity index (χ1) is 16.1. The number of hydrogen-bond acceptors (Lipinski definition) is 14. The molecule has 3 N–H and O–H groups in total. The summed E-state index contributed by atoms with van der Waals surface area (Å²) in [6.45, 7) is 2.20.